The highest BCUT2D eigenvalue weighted by Gasteiger charge is 2.13. The van der Waals surface area contributed by atoms with Crippen LogP contribution < -0.4 is 0 Å². The maximum absolute atomic E-state index is 8.21. The molecule has 10 aromatic rings. The first-order chi connectivity index (χ1) is 24.0. The van der Waals surface area contributed by atoms with E-state index in [4.69, 9.17) is 7.16 Å². The van der Waals surface area contributed by atoms with Crippen LogP contribution in [0.2, 0.25) is 0 Å². The van der Waals surface area contributed by atoms with E-state index in [9.17, 15) is 0 Å². The van der Waals surface area contributed by atoms with E-state index in [1.807, 2.05) is 48.5 Å². The van der Waals surface area contributed by atoms with E-state index < -0.39 is 0 Å². The van der Waals surface area contributed by atoms with Gasteiger partial charge < -0.3 is 4.42 Å². The Labute approximate surface area is 274 Å². The minimum atomic E-state index is 0.520. The lowest BCUT2D eigenvalue weighted by Gasteiger charge is -2.13. The summed E-state index contributed by atoms with van der Waals surface area (Å²) in [5.74, 6) is 0. The molecule has 0 atom stereocenters. The molecule has 0 aliphatic carbocycles. The van der Waals surface area contributed by atoms with Crippen molar-refractivity contribution in [2.45, 2.75) is 0 Å². The number of hydrogen-bond acceptors (Lipinski definition) is 1. The zero-order valence-electron chi connectivity index (χ0n) is 27.4. The quantitative estimate of drug-likeness (QED) is 0.184. The van der Waals surface area contributed by atoms with E-state index in [2.05, 4.69) is 109 Å². The van der Waals surface area contributed by atoms with Gasteiger partial charge >= 0.3 is 0 Å². The molecule has 10 rings (SSSR count). The zero-order valence-corrected chi connectivity index (χ0v) is 25.4. The summed E-state index contributed by atoms with van der Waals surface area (Å²) in [5.41, 5.74) is 8.52. The van der Waals surface area contributed by atoms with Gasteiger partial charge in [-0.1, -0.05) is 121 Å². The molecule has 0 saturated heterocycles. The molecule has 0 amide bonds. The van der Waals surface area contributed by atoms with E-state index in [0.29, 0.717) is 12.1 Å². The second kappa shape index (κ2) is 10.2. The van der Waals surface area contributed by atoms with Gasteiger partial charge in [-0.3, -0.25) is 0 Å². The molecule has 0 aliphatic rings. The van der Waals surface area contributed by atoms with E-state index in [1.54, 1.807) is 0 Å². The molecule has 0 spiro atoms. The molecular weight excluding hydrogens is 569 g/mol. The Hall–Kier alpha value is -6.18. The fourth-order valence-electron chi connectivity index (χ4n) is 7.29. The Morgan fingerprint density at radius 1 is 0.298 bits per heavy atom. The van der Waals surface area contributed by atoms with E-state index in [-0.39, 0.29) is 0 Å². The molecule has 1 heterocycles. The van der Waals surface area contributed by atoms with Crippen LogP contribution in [0, 0.1) is 0 Å². The SMILES string of the molecule is [2H]c1ccc2ccc3cc(-c4cc(-c5ccc6c(ccc7ccc([2H])cc76)c5)cc(-c5ccc6c(c5)oc5ccccc56)c4)ccc3c2c1. The van der Waals surface area contributed by atoms with Crippen LogP contribution in [0.3, 0.4) is 0 Å². The average molecular weight is 599 g/mol. The largest absolute Gasteiger partial charge is 0.456 e. The summed E-state index contributed by atoms with van der Waals surface area (Å²) < 4.78 is 22.7. The predicted octanol–water partition coefficient (Wildman–Crippen LogP) is 13.2. The number of furan rings is 1. The molecule has 0 unspecified atom stereocenters. The van der Waals surface area contributed by atoms with Crippen molar-refractivity contribution in [3.05, 3.63) is 170 Å². The monoisotopic (exact) mass is 598 g/mol. The van der Waals surface area contributed by atoms with E-state index in [0.717, 1.165) is 98.4 Å². The van der Waals surface area contributed by atoms with Crippen molar-refractivity contribution in [3.8, 4) is 33.4 Å². The van der Waals surface area contributed by atoms with Crippen LogP contribution in [-0.4, -0.2) is 0 Å². The van der Waals surface area contributed by atoms with Gasteiger partial charge in [0.25, 0.3) is 0 Å². The van der Waals surface area contributed by atoms with Crippen LogP contribution in [0.5, 0.6) is 0 Å². The van der Waals surface area contributed by atoms with Gasteiger partial charge in [0.05, 0.1) is 2.74 Å². The molecular formula is C46H28O. The highest BCUT2D eigenvalue weighted by atomic mass is 16.3. The Kier molecular flexibility index (Phi) is 5.21. The van der Waals surface area contributed by atoms with Crippen molar-refractivity contribution in [1.82, 2.24) is 0 Å². The minimum Gasteiger partial charge on any atom is -0.456 e. The first-order valence-corrected chi connectivity index (χ1v) is 16.0. The number of hydrogen-bond donors (Lipinski definition) is 0. The Morgan fingerprint density at radius 3 is 1.36 bits per heavy atom. The number of rotatable bonds is 3. The van der Waals surface area contributed by atoms with Crippen LogP contribution >= 0.6 is 0 Å². The third-order valence-electron chi connectivity index (χ3n) is 9.68. The van der Waals surface area contributed by atoms with Gasteiger partial charge in [-0.05, 0) is 125 Å². The smallest absolute Gasteiger partial charge is 0.136 e. The second-order valence-corrected chi connectivity index (χ2v) is 12.4. The molecule has 9 aromatic carbocycles. The van der Waals surface area contributed by atoms with Crippen molar-refractivity contribution in [2.75, 3.05) is 0 Å². The number of para-hydroxylation sites is 1. The third-order valence-corrected chi connectivity index (χ3v) is 9.68. The lowest BCUT2D eigenvalue weighted by molar-refractivity contribution is 0.669. The normalized spacial score (nSPS) is 12.4. The van der Waals surface area contributed by atoms with Crippen LogP contribution in [0.4, 0.5) is 0 Å². The van der Waals surface area contributed by atoms with Gasteiger partial charge in [0.15, 0.2) is 0 Å². The van der Waals surface area contributed by atoms with Crippen LogP contribution in [0.1, 0.15) is 2.74 Å². The minimum absolute atomic E-state index is 0.520. The highest BCUT2D eigenvalue weighted by molar-refractivity contribution is 6.10. The topological polar surface area (TPSA) is 13.1 Å². The summed E-state index contributed by atoms with van der Waals surface area (Å²) >= 11 is 0. The second-order valence-electron chi connectivity index (χ2n) is 12.4. The van der Waals surface area contributed by atoms with Gasteiger partial charge in [-0.15, -0.1) is 0 Å². The highest BCUT2D eigenvalue weighted by Crippen LogP contribution is 2.38. The van der Waals surface area contributed by atoms with E-state index in [1.165, 1.54) is 0 Å². The van der Waals surface area contributed by atoms with Crippen LogP contribution in [-0.2, 0) is 0 Å². The molecule has 47 heavy (non-hydrogen) atoms. The van der Waals surface area contributed by atoms with Crippen LogP contribution in [0.15, 0.2) is 174 Å². The maximum atomic E-state index is 8.21. The van der Waals surface area contributed by atoms with Gasteiger partial charge in [0, 0.05) is 10.8 Å². The van der Waals surface area contributed by atoms with Crippen molar-refractivity contribution in [2.24, 2.45) is 0 Å². The first-order valence-electron chi connectivity index (χ1n) is 17.0. The summed E-state index contributed by atoms with van der Waals surface area (Å²) in [4.78, 5) is 0. The molecule has 1 heteroatoms. The molecule has 0 aliphatic heterocycles. The number of benzene rings is 9. The van der Waals surface area contributed by atoms with Gasteiger partial charge in [-0.2, -0.15) is 0 Å². The van der Waals surface area contributed by atoms with Gasteiger partial charge in [0.2, 0.25) is 0 Å². The summed E-state index contributed by atoms with van der Waals surface area (Å²) in [6.07, 6.45) is 0. The summed E-state index contributed by atoms with van der Waals surface area (Å²) in [6, 6.07) is 56.3. The molecule has 0 saturated carbocycles. The standard InChI is InChI=1S/C46H28O/c1-3-9-39-29(7-1)13-15-34-23-31(17-20-41(34)39)36-25-37(32-18-21-42-35(24-32)16-14-30-8-2-4-10-40(30)42)27-38(26-36)33-19-22-44-43-11-5-6-12-45(43)47-46(44)28-33/h1-28H/i3D,4D. The van der Waals surface area contributed by atoms with Gasteiger partial charge in [0.1, 0.15) is 11.2 Å². The lowest BCUT2D eigenvalue weighted by atomic mass is 9.91. The fraction of sp³-hybridized carbons (Fsp3) is 0. The summed E-state index contributed by atoms with van der Waals surface area (Å²) in [6.45, 7) is 0. The summed E-state index contributed by atoms with van der Waals surface area (Å²) in [7, 11) is 0. The fourth-order valence-corrected chi connectivity index (χ4v) is 7.29. The molecule has 0 radical (unpaired) electrons. The molecule has 1 nitrogen and oxygen atoms in total. The molecule has 0 fully saturated rings. The first kappa shape index (κ1) is 24.1. The Bertz CT molecular complexity index is 2830. The third kappa shape index (κ3) is 4.25. The molecule has 0 bridgehead atoms. The molecule has 218 valence electrons. The van der Waals surface area contributed by atoms with Crippen LogP contribution in [0.25, 0.3) is 98.4 Å². The number of fused-ring (bicyclic) bond motifs is 9. The van der Waals surface area contributed by atoms with Gasteiger partial charge in [-0.25, -0.2) is 0 Å². The van der Waals surface area contributed by atoms with E-state index >= 15 is 0 Å². The average Bonchev–Trinajstić information content (AvgIpc) is 3.52. The molecule has 0 N–H and O–H groups in total. The van der Waals surface area contributed by atoms with Crippen molar-refractivity contribution in [3.63, 3.8) is 0 Å². The molecule has 1 aromatic heterocycles. The lowest BCUT2D eigenvalue weighted by Crippen LogP contribution is -1.88. The Morgan fingerprint density at radius 2 is 0.766 bits per heavy atom. The van der Waals surface area contributed by atoms with Crippen molar-refractivity contribution < 1.29 is 7.16 Å². The van der Waals surface area contributed by atoms with Crippen molar-refractivity contribution >= 4 is 65.0 Å². The zero-order chi connectivity index (χ0) is 32.6. The maximum Gasteiger partial charge on any atom is 0.136 e. The van der Waals surface area contributed by atoms with Crippen molar-refractivity contribution in [1.29, 1.82) is 0 Å². The predicted molar refractivity (Wildman–Crippen MR) is 200 cm³/mol. The Balaban J connectivity index is 1.17. The summed E-state index contributed by atoms with van der Waals surface area (Å²) in [5, 5.41) is 11.3.